The van der Waals surface area contributed by atoms with Crippen LogP contribution in [0.3, 0.4) is 0 Å². The van der Waals surface area contributed by atoms with E-state index in [9.17, 15) is 9.59 Å². The van der Waals surface area contributed by atoms with E-state index >= 15 is 0 Å². The van der Waals surface area contributed by atoms with E-state index in [4.69, 9.17) is 5.11 Å². The molecule has 0 aliphatic rings. The van der Waals surface area contributed by atoms with E-state index < -0.39 is 18.1 Å². The first-order chi connectivity index (χ1) is 8.54. The first-order valence-electron chi connectivity index (χ1n) is 5.09. The fourth-order valence-electron chi connectivity index (χ4n) is 1.19. The highest BCUT2D eigenvalue weighted by molar-refractivity contribution is 9.10. The van der Waals surface area contributed by atoms with E-state index in [-0.39, 0.29) is 6.54 Å². The zero-order valence-electron chi connectivity index (χ0n) is 9.64. The molecule has 0 bridgehead atoms. The zero-order chi connectivity index (χ0) is 13.5. The van der Waals surface area contributed by atoms with E-state index in [0.29, 0.717) is 5.69 Å². The Morgan fingerprint density at radius 3 is 2.67 bits per heavy atom. The van der Waals surface area contributed by atoms with Crippen LogP contribution in [0.2, 0.25) is 0 Å². The first-order valence-corrected chi connectivity index (χ1v) is 5.89. The largest absolute Gasteiger partial charge is 0.479 e. The molecule has 0 aliphatic carbocycles. The molecular weight excluding hydrogens is 304 g/mol. The summed E-state index contributed by atoms with van der Waals surface area (Å²) in [5.74, 6) is -1.13. The molecule has 0 spiro atoms. The number of urea groups is 1. The molecule has 3 N–H and O–H groups in total. The number of rotatable bonds is 5. The van der Waals surface area contributed by atoms with E-state index in [2.05, 4.69) is 31.3 Å². The SMILES string of the molecule is COC(CNC(=O)Nc1ccccc1Br)C(=O)O. The molecule has 1 unspecified atom stereocenters. The van der Waals surface area contributed by atoms with Crippen molar-refractivity contribution in [2.24, 2.45) is 0 Å². The predicted octanol–water partition coefficient (Wildman–Crippen LogP) is 1.67. The van der Waals surface area contributed by atoms with Crippen molar-refractivity contribution in [2.45, 2.75) is 6.10 Å². The molecule has 1 atom stereocenters. The van der Waals surface area contributed by atoms with Crippen LogP contribution in [0.5, 0.6) is 0 Å². The minimum Gasteiger partial charge on any atom is -0.479 e. The molecule has 2 amide bonds. The van der Waals surface area contributed by atoms with Gasteiger partial charge in [0, 0.05) is 11.6 Å². The number of carbonyl (C=O) groups is 2. The van der Waals surface area contributed by atoms with Gasteiger partial charge in [-0.25, -0.2) is 9.59 Å². The minimum atomic E-state index is -1.13. The Morgan fingerprint density at radius 2 is 2.11 bits per heavy atom. The van der Waals surface area contributed by atoms with Crippen molar-refractivity contribution < 1.29 is 19.4 Å². The summed E-state index contributed by atoms with van der Waals surface area (Å²) in [7, 11) is 1.27. The van der Waals surface area contributed by atoms with Gasteiger partial charge < -0.3 is 20.5 Å². The molecule has 18 heavy (non-hydrogen) atoms. The summed E-state index contributed by atoms with van der Waals surface area (Å²) in [6, 6.07) is 6.60. The maximum Gasteiger partial charge on any atom is 0.334 e. The highest BCUT2D eigenvalue weighted by Gasteiger charge is 2.17. The second-order valence-corrected chi connectivity index (χ2v) is 4.23. The normalized spacial score (nSPS) is 11.7. The van der Waals surface area contributed by atoms with E-state index in [1.54, 1.807) is 18.2 Å². The quantitative estimate of drug-likeness (QED) is 0.771. The zero-order valence-corrected chi connectivity index (χ0v) is 11.2. The third kappa shape index (κ3) is 4.34. The molecule has 0 saturated heterocycles. The van der Waals surface area contributed by atoms with Gasteiger partial charge in [-0.15, -0.1) is 0 Å². The predicted molar refractivity (Wildman–Crippen MR) is 69.6 cm³/mol. The van der Waals surface area contributed by atoms with Crippen molar-refractivity contribution in [2.75, 3.05) is 19.0 Å². The van der Waals surface area contributed by atoms with Gasteiger partial charge in [0.2, 0.25) is 0 Å². The molecule has 0 aliphatic heterocycles. The maximum absolute atomic E-state index is 11.5. The van der Waals surface area contributed by atoms with Gasteiger partial charge in [-0.2, -0.15) is 0 Å². The number of benzene rings is 1. The average molecular weight is 317 g/mol. The lowest BCUT2D eigenvalue weighted by Crippen LogP contribution is -2.39. The number of methoxy groups -OCH3 is 1. The number of halogens is 1. The van der Waals surface area contributed by atoms with Crippen molar-refractivity contribution in [3.63, 3.8) is 0 Å². The Hall–Kier alpha value is -1.60. The van der Waals surface area contributed by atoms with Gasteiger partial charge in [0.05, 0.1) is 12.2 Å². The van der Waals surface area contributed by atoms with Crippen LogP contribution < -0.4 is 10.6 Å². The third-order valence-corrected chi connectivity index (χ3v) is 2.82. The summed E-state index contributed by atoms with van der Waals surface area (Å²) in [5, 5.41) is 13.7. The van der Waals surface area contributed by atoms with Crippen molar-refractivity contribution in [3.8, 4) is 0 Å². The maximum atomic E-state index is 11.5. The number of ether oxygens (including phenoxy) is 1. The Balaban J connectivity index is 2.48. The lowest BCUT2D eigenvalue weighted by molar-refractivity contribution is -0.147. The van der Waals surface area contributed by atoms with Crippen LogP contribution in [0.1, 0.15) is 0 Å². The number of carbonyl (C=O) groups excluding carboxylic acids is 1. The molecule has 6 nitrogen and oxygen atoms in total. The van der Waals surface area contributed by atoms with Crippen LogP contribution in [-0.2, 0) is 9.53 Å². The Kier molecular flexibility index (Phi) is 5.60. The highest BCUT2D eigenvalue weighted by Crippen LogP contribution is 2.20. The molecule has 1 rings (SSSR count). The summed E-state index contributed by atoms with van der Waals surface area (Å²) < 4.78 is 5.42. The number of hydrogen-bond acceptors (Lipinski definition) is 3. The van der Waals surface area contributed by atoms with Crippen LogP contribution in [-0.4, -0.2) is 36.9 Å². The van der Waals surface area contributed by atoms with Crippen molar-refractivity contribution in [1.29, 1.82) is 0 Å². The van der Waals surface area contributed by atoms with Gasteiger partial charge in [-0.3, -0.25) is 0 Å². The summed E-state index contributed by atoms with van der Waals surface area (Å²) in [6.45, 7) is -0.109. The number of hydrogen-bond donors (Lipinski definition) is 3. The molecule has 0 saturated carbocycles. The van der Waals surface area contributed by atoms with E-state index in [0.717, 1.165) is 4.47 Å². The number of para-hydroxylation sites is 1. The van der Waals surface area contributed by atoms with Crippen molar-refractivity contribution >= 4 is 33.6 Å². The van der Waals surface area contributed by atoms with Gasteiger partial charge in [0.15, 0.2) is 6.10 Å². The summed E-state index contributed by atoms with van der Waals surface area (Å²) >= 11 is 3.28. The second kappa shape index (κ2) is 6.97. The fourth-order valence-corrected chi connectivity index (χ4v) is 1.57. The van der Waals surface area contributed by atoms with Gasteiger partial charge in [-0.1, -0.05) is 12.1 Å². The van der Waals surface area contributed by atoms with E-state index in [1.807, 2.05) is 6.07 Å². The monoisotopic (exact) mass is 316 g/mol. The van der Waals surface area contributed by atoms with Gasteiger partial charge in [0.1, 0.15) is 0 Å². The van der Waals surface area contributed by atoms with Crippen LogP contribution >= 0.6 is 15.9 Å². The van der Waals surface area contributed by atoms with Crippen molar-refractivity contribution in [3.05, 3.63) is 28.7 Å². The second-order valence-electron chi connectivity index (χ2n) is 3.38. The van der Waals surface area contributed by atoms with Crippen LogP contribution in [0.4, 0.5) is 10.5 Å². The van der Waals surface area contributed by atoms with Crippen LogP contribution in [0, 0.1) is 0 Å². The molecule has 0 heterocycles. The number of amides is 2. The summed E-state index contributed by atoms with van der Waals surface area (Å²) in [5.41, 5.74) is 0.597. The Bertz CT molecular complexity index is 439. The van der Waals surface area contributed by atoms with Crippen molar-refractivity contribution in [1.82, 2.24) is 5.32 Å². The summed E-state index contributed by atoms with van der Waals surface area (Å²) in [6.07, 6.45) is -1.06. The molecule has 1 aromatic carbocycles. The fraction of sp³-hybridized carbons (Fsp3) is 0.273. The molecule has 0 radical (unpaired) electrons. The third-order valence-electron chi connectivity index (χ3n) is 2.13. The number of aliphatic carboxylic acids is 1. The topological polar surface area (TPSA) is 87.7 Å². The molecular formula is C11H13BrN2O4. The van der Waals surface area contributed by atoms with Gasteiger partial charge in [-0.05, 0) is 28.1 Å². The van der Waals surface area contributed by atoms with Gasteiger partial charge in [0.25, 0.3) is 0 Å². The van der Waals surface area contributed by atoms with Crippen LogP contribution in [0.25, 0.3) is 0 Å². The Morgan fingerprint density at radius 1 is 1.44 bits per heavy atom. The molecule has 7 heteroatoms. The lowest BCUT2D eigenvalue weighted by atomic mass is 10.3. The Labute approximate surface area is 112 Å². The van der Waals surface area contributed by atoms with E-state index in [1.165, 1.54) is 7.11 Å². The first kappa shape index (κ1) is 14.5. The number of carboxylic acid groups (broad SMARTS) is 1. The molecule has 0 aromatic heterocycles. The lowest BCUT2D eigenvalue weighted by Gasteiger charge is -2.12. The standard InChI is InChI=1S/C11H13BrN2O4/c1-18-9(10(15)16)6-13-11(17)14-8-5-3-2-4-7(8)12/h2-5,9H,6H2,1H3,(H,15,16)(H2,13,14,17). The number of carboxylic acids is 1. The number of nitrogens with one attached hydrogen (secondary N) is 2. The van der Waals surface area contributed by atoms with Crippen LogP contribution in [0.15, 0.2) is 28.7 Å². The minimum absolute atomic E-state index is 0.109. The molecule has 98 valence electrons. The molecule has 1 aromatic rings. The summed E-state index contributed by atoms with van der Waals surface area (Å²) in [4.78, 5) is 22.2. The average Bonchev–Trinajstić information content (AvgIpc) is 2.32. The molecule has 0 fully saturated rings. The highest BCUT2D eigenvalue weighted by atomic mass is 79.9. The van der Waals surface area contributed by atoms with Gasteiger partial charge >= 0.3 is 12.0 Å². The smallest absolute Gasteiger partial charge is 0.334 e. The number of anilines is 1.